The number of rotatable bonds is 5. The van der Waals surface area contributed by atoms with Gasteiger partial charge in [0.1, 0.15) is 0 Å². The third-order valence-corrected chi connectivity index (χ3v) is 6.15. The van der Waals surface area contributed by atoms with Crippen molar-refractivity contribution >= 4 is 34.8 Å². The van der Waals surface area contributed by atoms with Crippen molar-refractivity contribution in [3.63, 3.8) is 0 Å². The molecular formula is C28H29N3O3. The SMILES string of the molecule is CCC(=O)N(c1ccccc1)C1CC(C)N(C(=O)c2ccc(NC(C)=O)cc2)c2ccccc21. The lowest BCUT2D eigenvalue weighted by molar-refractivity contribution is -0.119. The van der Waals surface area contributed by atoms with Crippen molar-refractivity contribution in [2.24, 2.45) is 0 Å². The van der Waals surface area contributed by atoms with E-state index in [0.717, 1.165) is 16.9 Å². The smallest absolute Gasteiger partial charge is 0.258 e. The molecule has 2 atom stereocenters. The van der Waals surface area contributed by atoms with Gasteiger partial charge in [0.2, 0.25) is 11.8 Å². The highest BCUT2D eigenvalue weighted by Crippen LogP contribution is 2.42. The van der Waals surface area contributed by atoms with Gasteiger partial charge in [-0.15, -0.1) is 0 Å². The van der Waals surface area contributed by atoms with Crippen LogP contribution in [0.1, 0.15) is 55.6 Å². The van der Waals surface area contributed by atoms with Crippen molar-refractivity contribution in [3.05, 3.63) is 90.0 Å². The molecule has 1 aliphatic rings. The summed E-state index contributed by atoms with van der Waals surface area (Å²) in [5.74, 6) is -0.222. The molecular weight excluding hydrogens is 426 g/mol. The van der Waals surface area contributed by atoms with Crippen molar-refractivity contribution < 1.29 is 14.4 Å². The van der Waals surface area contributed by atoms with Crippen LogP contribution in [0.5, 0.6) is 0 Å². The highest BCUT2D eigenvalue weighted by atomic mass is 16.2. The van der Waals surface area contributed by atoms with Crippen LogP contribution in [0, 0.1) is 0 Å². The third-order valence-electron chi connectivity index (χ3n) is 6.15. The van der Waals surface area contributed by atoms with Gasteiger partial charge in [0, 0.05) is 42.0 Å². The Hall–Kier alpha value is -3.93. The number of carbonyl (C=O) groups excluding carboxylic acids is 3. The first-order chi connectivity index (χ1) is 16.4. The van der Waals surface area contributed by atoms with Gasteiger partial charge in [-0.25, -0.2) is 0 Å². The Morgan fingerprint density at radius 1 is 0.941 bits per heavy atom. The number of carbonyl (C=O) groups is 3. The molecule has 0 saturated carbocycles. The Kier molecular flexibility index (Phi) is 6.77. The summed E-state index contributed by atoms with van der Waals surface area (Å²) < 4.78 is 0. The van der Waals surface area contributed by atoms with Gasteiger partial charge in [0.05, 0.1) is 6.04 Å². The van der Waals surface area contributed by atoms with Gasteiger partial charge >= 0.3 is 0 Å². The maximum Gasteiger partial charge on any atom is 0.258 e. The van der Waals surface area contributed by atoms with Crippen LogP contribution in [0.15, 0.2) is 78.9 Å². The number of hydrogen-bond donors (Lipinski definition) is 1. The highest BCUT2D eigenvalue weighted by Gasteiger charge is 2.38. The van der Waals surface area contributed by atoms with Crippen molar-refractivity contribution in [3.8, 4) is 0 Å². The van der Waals surface area contributed by atoms with Crippen molar-refractivity contribution in [1.29, 1.82) is 0 Å². The van der Waals surface area contributed by atoms with Gasteiger partial charge in [-0.3, -0.25) is 14.4 Å². The summed E-state index contributed by atoms with van der Waals surface area (Å²) >= 11 is 0. The first kappa shape index (κ1) is 23.2. The van der Waals surface area contributed by atoms with Crippen molar-refractivity contribution in [2.45, 2.75) is 45.7 Å². The highest BCUT2D eigenvalue weighted by molar-refractivity contribution is 6.08. The average molecular weight is 456 g/mol. The van der Waals surface area contributed by atoms with Crippen LogP contribution in [0.4, 0.5) is 17.1 Å². The van der Waals surface area contributed by atoms with Crippen molar-refractivity contribution in [1.82, 2.24) is 0 Å². The molecule has 4 rings (SSSR count). The maximum atomic E-state index is 13.6. The Balaban J connectivity index is 1.72. The lowest BCUT2D eigenvalue weighted by Crippen LogP contribution is -2.47. The fraction of sp³-hybridized carbons (Fsp3) is 0.250. The van der Waals surface area contributed by atoms with Gasteiger partial charge in [-0.05, 0) is 61.4 Å². The zero-order valence-corrected chi connectivity index (χ0v) is 19.7. The number of nitrogens with zero attached hydrogens (tertiary/aromatic N) is 2. The third kappa shape index (κ3) is 4.57. The number of anilines is 3. The molecule has 1 heterocycles. The Morgan fingerprint density at radius 3 is 2.24 bits per heavy atom. The Labute approximate surface area is 200 Å². The van der Waals surface area contributed by atoms with Crippen molar-refractivity contribution in [2.75, 3.05) is 15.1 Å². The number of nitrogens with one attached hydrogen (secondary N) is 1. The molecule has 0 saturated heterocycles. The van der Waals surface area contributed by atoms with Crippen LogP contribution in [0.25, 0.3) is 0 Å². The van der Waals surface area contributed by atoms with E-state index >= 15 is 0 Å². The van der Waals surface area contributed by atoms with Crippen LogP contribution in [-0.2, 0) is 9.59 Å². The van der Waals surface area contributed by atoms with Crippen LogP contribution < -0.4 is 15.1 Å². The Morgan fingerprint density at radius 2 is 1.59 bits per heavy atom. The van der Waals surface area contributed by atoms with Gasteiger partial charge in [0.15, 0.2) is 0 Å². The molecule has 2 unspecified atom stereocenters. The summed E-state index contributed by atoms with van der Waals surface area (Å²) in [5, 5.41) is 2.72. The maximum absolute atomic E-state index is 13.6. The van der Waals surface area contributed by atoms with Crippen LogP contribution >= 0.6 is 0 Å². The van der Waals surface area contributed by atoms with E-state index in [-0.39, 0.29) is 29.8 Å². The number of benzene rings is 3. The largest absolute Gasteiger partial charge is 0.326 e. The minimum Gasteiger partial charge on any atom is -0.326 e. The molecule has 174 valence electrons. The number of amides is 3. The average Bonchev–Trinajstić information content (AvgIpc) is 2.84. The topological polar surface area (TPSA) is 69.7 Å². The van der Waals surface area contributed by atoms with Crippen LogP contribution in [0.3, 0.4) is 0 Å². The normalized spacial score (nSPS) is 17.0. The summed E-state index contributed by atoms with van der Waals surface area (Å²) in [6, 6.07) is 24.2. The molecule has 1 aliphatic heterocycles. The summed E-state index contributed by atoms with van der Waals surface area (Å²) in [4.78, 5) is 41.7. The zero-order chi connectivity index (χ0) is 24.2. The molecule has 1 N–H and O–H groups in total. The van der Waals surface area contributed by atoms with E-state index in [1.807, 2.05) is 78.2 Å². The fourth-order valence-electron chi connectivity index (χ4n) is 4.63. The minimum absolute atomic E-state index is 0.0477. The molecule has 0 fully saturated rings. The molecule has 0 spiro atoms. The van der Waals surface area contributed by atoms with Gasteiger partial charge < -0.3 is 15.1 Å². The molecule has 3 amide bonds. The van der Waals surface area contributed by atoms with Crippen LogP contribution in [0.2, 0.25) is 0 Å². The summed E-state index contributed by atoms with van der Waals surface area (Å²) in [5.41, 5.74) is 3.81. The van der Waals surface area contributed by atoms with E-state index < -0.39 is 0 Å². The van der Waals surface area contributed by atoms with E-state index in [2.05, 4.69) is 5.32 Å². The summed E-state index contributed by atoms with van der Waals surface area (Å²) in [6.07, 6.45) is 1.01. The molecule has 6 heteroatoms. The Bertz CT molecular complexity index is 1190. The molecule has 3 aromatic carbocycles. The standard InChI is InChI=1S/C28H29N3O3/c1-4-27(33)31(23-10-6-5-7-11-23)26-18-19(2)30(25-13-9-8-12-24(25)26)28(34)21-14-16-22(17-15-21)29-20(3)32/h5-17,19,26H,4,18H2,1-3H3,(H,29,32). The van der Waals surface area contributed by atoms with E-state index in [4.69, 9.17) is 0 Å². The predicted molar refractivity (Wildman–Crippen MR) is 135 cm³/mol. The zero-order valence-electron chi connectivity index (χ0n) is 19.7. The second kappa shape index (κ2) is 9.91. The fourth-order valence-corrected chi connectivity index (χ4v) is 4.63. The molecule has 0 aromatic heterocycles. The monoisotopic (exact) mass is 455 g/mol. The van der Waals surface area contributed by atoms with E-state index in [0.29, 0.717) is 24.1 Å². The minimum atomic E-state index is -0.174. The first-order valence-corrected chi connectivity index (χ1v) is 11.6. The predicted octanol–water partition coefficient (Wildman–Crippen LogP) is 5.57. The van der Waals surface area contributed by atoms with E-state index in [9.17, 15) is 14.4 Å². The first-order valence-electron chi connectivity index (χ1n) is 11.6. The molecule has 3 aromatic rings. The van der Waals surface area contributed by atoms with Crippen LogP contribution in [-0.4, -0.2) is 23.8 Å². The molecule has 6 nitrogen and oxygen atoms in total. The molecule has 0 radical (unpaired) electrons. The van der Waals surface area contributed by atoms with E-state index in [1.165, 1.54) is 6.92 Å². The lowest BCUT2D eigenvalue weighted by atomic mass is 9.89. The quantitative estimate of drug-likeness (QED) is 0.547. The molecule has 0 aliphatic carbocycles. The lowest BCUT2D eigenvalue weighted by Gasteiger charge is -2.43. The number of hydrogen-bond acceptors (Lipinski definition) is 3. The molecule has 0 bridgehead atoms. The van der Waals surface area contributed by atoms with E-state index in [1.54, 1.807) is 24.3 Å². The number of fused-ring (bicyclic) bond motifs is 1. The number of para-hydroxylation sites is 2. The van der Waals surface area contributed by atoms with Gasteiger partial charge in [-0.2, -0.15) is 0 Å². The summed E-state index contributed by atoms with van der Waals surface area (Å²) in [6.45, 7) is 5.34. The second-order valence-electron chi connectivity index (χ2n) is 8.55. The summed E-state index contributed by atoms with van der Waals surface area (Å²) in [7, 11) is 0. The van der Waals surface area contributed by atoms with Gasteiger partial charge in [-0.1, -0.05) is 43.3 Å². The van der Waals surface area contributed by atoms with Gasteiger partial charge in [0.25, 0.3) is 5.91 Å². The molecule has 34 heavy (non-hydrogen) atoms. The second-order valence-corrected chi connectivity index (χ2v) is 8.55.